The molecule has 3 aliphatic heterocycles. The number of thioether (sulfide) groups is 4. The summed E-state index contributed by atoms with van der Waals surface area (Å²) in [7, 11) is 0. The molecule has 0 bridgehead atoms. The van der Waals surface area contributed by atoms with E-state index in [4.69, 9.17) is 0 Å². The Kier molecular flexibility index (Phi) is 4.11. The second-order valence-corrected chi connectivity index (χ2v) is 14.4. The Morgan fingerprint density at radius 1 is 0.722 bits per heavy atom. The van der Waals surface area contributed by atoms with Gasteiger partial charge < -0.3 is 0 Å². The average Bonchev–Trinajstić information content (AvgIpc) is 3.13. The van der Waals surface area contributed by atoms with E-state index in [1.165, 1.54) is 25.7 Å². The first kappa shape index (κ1) is 13.1. The van der Waals surface area contributed by atoms with Crippen LogP contribution in [0.2, 0.25) is 0 Å². The Morgan fingerprint density at radius 3 is 1.89 bits per heavy atom. The van der Waals surface area contributed by atoms with Crippen LogP contribution >= 0.6 is 47.0 Å². The van der Waals surface area contributed by atoms with Gasteiger partial charge in [-0.25, -0.2) is 0 Å². The molecule has 6 heteroatoms. The SMILES string of the molecule is C1=C[Se]C(=C2SC3=C(SC(=C4CCCC4)S3)S2)[Se]1. The zero-order chi connectivity index (χ0) is 11.9. The van der Waals surface area contributed by atoms with Crippen molar-refractivity contribution in [3.63, 3.8) is 0 Å². The van der Waals surface area contributed by atoms with Gasteiger partial charge in [0.25, 0.3) is 0 Å². The van der Waals surface area contributed by atoms with Crippen LogP contribution in [0.5, 0.6) is 0 Å². The van der Waals surface area contributed by atoms with Crippen molar-refractivity contribution in [3.05, 3.63) is 35.8 Å². The Hall–Kier alpha value is 1.40. The fourth-order valence-electron chi connectivity index (χ4n) is 2.12. The molecule has 0 aromatic carbocycles. The number of hydrogen-bond donors (Lipinski definition) is 0. The summed E-state index contributed by atoms with van der Waals surface area (Å²) < 4.78 is 8.18. The van der Waals surface area contributed by atoms with Gasteiger partial charge in [-0.2, -0.15) is 0 Å². The summed E-state index contributed by atoms with van der Waals surface area (Å²) in [4.78, 5) is 4.79. The number of allylic oxidation sites excluding steroid dienone is 1. The van der Waals surface area contributed by atoms with Crippen molar-refractivity contribution in [1.82, 2.24) is 0 Å². The van der Waals surface area contributed by atoms with Crippen LogP contribution in [-0.4, -0.2) is 29.9 Å². The van der Waals surface area contributed by atoms with Gasteiger partial charge in [-0.15, -0.1) is 0 Å². The Labute approximate surface area is 137 Å². The van der Waals surface area contributed by atoms with E-state index < -0.39 is 0 Å². The molecule has 1 saturated carbocycles. The molecule has 0 N–H and O–H groups in total. The molecular formula is C12H10S4Se2. The molecule has 1 fully saturated rings. The third-order valence-corrected chi connectivity index (χ3v) is 15.8. The van der Waals surface area contributed by atoms with Crippen molar-refractivity contribution in [3.8, 4) is 0 Å². The number of rotatable bonds is 0. The molecule has 3 heterocycles. The fraction of sp³-hybridized carbons (Fsp3) is 0.333. The molecule has 94 valence electrons. The maximum absolute atomic E-state index is 2.39. The topological polar surface area (TPSA) is 0 Å². The van der Waals surface area contributed by atoms with E-state index in [0.29, 0.717) is 29.9 Å². The van der Waals surface area contributed by atoms with E-state index in [0.717, 1.165) is 0 Å². The van der Waals surface area contributed by atoms with Crippen molar-refractivity contribution in [2.75, 3.05) is 0 Å². The average molecular weight is 440 g/mol. The Morgan fingerprint density at radius 2 is 1.28 bits per heavy atom. The molecule has 0 saturated heterocycles. The predicted octanol–water partition coefficient (Wildman–Crippen LogP) is 4.88. The predicted molar refractivity (Wildman–Crippen MR) is 90.6 cm³/mol. The second-order valence-electron chi connectivity index (χ2n) is 4.16. The van der Waals surface area contributed by atoms with Gasteiger partial charge in [0, 0.05) is 0 Å². The van der Waals surface area contributed by atoms with E-state index in [1.807, 2.05) is 0 Å². The van der Waals surface area contributed by atoms with Gasteiger partial charge in [0.2, 0.25) is 0 Å². The molecule has 0 amide bonds. The standard InChI is InChI=1S/C12H10S4Se2/c1-2-4-7(3-1)8-13-9-10(14-8)16-11(15-9)12-17-5-6-18-12/h5-6H,1-4H2. The molecule has 0 nitrogen and oxygen atoms in total. The first-order valence-corrected chi connectivity index (χ1v) is 12.8. The minimum absolute atomic E-state index is 0.664. The third kappa shape index (κ3) is 2.48. The van der Waals surface area contributed by atoms with E-state index >= 15 is 0 Å². The van der Waals surface area contributed by atoms with Crippen LogP contribution in [0.1, 0.15) is 25.7 Å². The molecular weight excluding hydrogens is 430 g/mol. The van der Waals surface area contributed by atoms with Gasteiger partial charge in [-0.1, -0.05) is 0 Å². The fourth-order valence-corrected chi connectivity index (χ4v) is 14.6. The zero-order valence-corrected chi connectivity index (χ0v) is 16.1. The molecule has 0 spiro atoms. The van der Waals surface area contributed by atoms with Gasteiger partial charge in [-0.3, -0.25) is 0 Å². The van der Waals surface area contributed by atoms with E-state index in [-0.39, 0.29) is 0 Å². The molecule has 18 heavy (non-hydrogen) atoms. The van der Waals surface area contributed by atoms with E-state index in [1.54, 1.807) is 25.9 Å². The van der Waals surface area contributed by atoms with E-state index in [9.17, 15) is 0 Å². The van der Waals surface area contributed by atoms with Crippen LogP contribution in [0.3, 0.4) is 0 Å². The summed E-state index contributed by atoms with van der Waals surface area (Å²) >= 11 is 9.58. The van der Waals surface area contributed by atoms with Crippen molar-refractivity contribution < 1.29 is 0 Å². The Balaban J connectivity index is 1.51. The summed E-state index contributed by atoms with van der Waals surface area (Å²) in [6.45, 7) is 0. The third-order valence-electron chi connectivity index (χ3n) is 2.98. The quantitative estimate of drug-likeness (QED) is 0.493. The monoisotopic (exact) mass is 442 g/mol. The maximum atomic E-state index is 2.39. The first-order valence-electron chi connectivity index (χ1n) is 5.80. The summed E-state index contributed by atoms with van der Waals surface area (Å²) in [6, 6.07) is 0. The van der Waals surface area contributed by atoms with Crippen LogP contribution in [0.15, 0.2) is 35.8 Å². The van der Waals surface area contributed by atoms with Crippen LogP contribution in [-0.2, 0) is 0 Å². The van der Waals surface area contributed by atoms with Gasteiger partial charge in [0.15, 0.2) is 0 Å². The molecule has 0 unspecified atom stereocenters. The normalized spacial score (nSPS) is 27.1. The minimum atomic E-state index is 0.664. The summed E-state index contributed by atoms with van der Waals surface area (Å²) in [5, 5.41) is 0. The van der Waals surface area contributed by atoms with Gasteiger partial charge >= 0.3 is 138 Å². The van der Waals surface area contributed by atoms with Gasteiger partial charge in [0.1, 0.15) is 0 Å². The van der Waals surface area contributed by atoms with Crippen LogP contribution < -0.4 is 0 Å². The van der Waals surface area contributed by atoms with Gasteiger partial charge in [0.05, 0.1) is 0 Å². The zero-order valence-electron chi connectivity index (χ0n) is 9.43. The van der Waals surface area contributed by atoms with E-state index in [2.05, 4.69) is 57.0 Å². The second kappa shape index (κ2) is 5.65. The molecule has 4 rings (SSSR count). The summed E-state index contributed by atoms with van der Waals surface area (Å²) in [5.41, 5.74) is 1.74. The molecule has 0 aromatic heterocycles. The Bertz CT molecular complexity index is 466. The molecule has 4 aliphatic rings. The van der Waals surface area contributed by atoms with Crippen LogP contribution in [0.4, 0.5) is 0 Å². The van der Waals surface area contributed by atoms with Crippen LogP contribution in [0, 0.1) is 0 Å². The van der Waals surface area contributed by atoms with Crippen molar-refractivity contribution >= 4 is 77.0 Å². The first-order chi connectivity index (χ1) is 8.90. The van der Waals surface area contributed by atoms with Gasteiger partial charge in [-0.05, 0) is 0 Å². The van der Waals surface area contributed by atoms with Crippen molar-refractivity contribution in [1.29, 1.82) is 0 Å². The molecule has 0 atom stereocenters. The van der Waals surface area contributed by atoms with Crippen LogP contribution in [0.25, 0.3) is 0 Å². The summed E-state index contributed by atoms with van der Waals surface area (Å²) in [6.07, 6.45) is 5.54. The van der Waals surface area contributed by atoms with Crippen molar-refractivity contribution in [2.45, 2.75) is 25.7 Å². The molecule has 0 radical (unpaired) electrons. The number of hydrogen-bond acceptors (Lipinski definition) is 4. The molecule has 1 aliphatic carbocycles. The van der Waals surface area contributed by atoms with Crippen molar-refractivity contribution in [2.24, 2.45) is 0 Å². The summed E-state index contributed by atoms with van der Waals surface area (Å²) in [5.74, 6) is 0. The molecule has 0 aromatic rings.